The maximum absolute atomic E-state index is 13.5. The number of nitrogens with zero attached hydrogens (tertiary/aromatic N) is 2. The first-order chi connectivity index (χ1) is 15.3. The number of amides is 2. The van der Waals surface area contributed by atoms with E-state index in [2.05, 4.69) is 5.32 Å². The van der Waals surface area contributed by atoms with Gasteiger partial charge in [0, 0.05) is 12.1 Å². The van der Waals surface area contributed by atoms with Gasteiger partial charge in [-0.3, -0.25) is 13.9 Å². The molecule has 0 bridgehead atoms. The summed E-state index contributed by atoms with van der Waals surface area (Å²) < 4.78 is 39.2. The molecule has 1 N–H and O–H groups in total. The van der Waals surface area contributed by atoms with Crippen molar-refractivity contribution in [1.29, 1.82) is 0 Å². The van der Waals surface area contributed by atoms with Crippen molar-refractivity contribution < 1.29 is 22.4 Å². The molecule has 0 heterocycles. The second-order valence-corrected chi connectivity index (χ2v) is 10.8. The summed E-state index contributed by atoms with van der Waals surface area (Å²) in [7, 11) is -3.85. The van der Waals surface area contributed by atoms with E-state index in [9.17, 15) is 22.4 Å². The van der Waals surface area contributed by atoms with Crippen molar-refractivity contribution in [3.63, 3.8) is 0 Å². The van der Waals surface area contributed by atoms with Gasteiger partial charge in [-0.25, -0.2) is 12.8 Å². The van der Waals surface area contributed by atoms with Crippen molar-refractivity contribution in [2.75, 3.05) is 17.1 Å². The lowest BCUT2D eigenvalue weighted by Crippen LogP contribution is -2.55. The molecule has 0 spiro atoms. The molecule has 7 nitrogen and oxygen atoms in total. The van der Waals surface area contributed by atoms with Crippen LogP contribution in [0.5, 0.6) is 0 Å². The average Bonchev–Trinajstić information content (AvgIpc) is 2.71. The second kappa shape index (κ2) is 10.8. The average molecular weight is 478 g/mol. The number of anilines is 1. The van der Waals surface area contributed by atoms with Crippen molar-refractivity contribution in [2.24, 2.45) is 0 Å². The van der Waals surface area contributed by atoms with Crippen LogP contribution in [0.3, 0.4) is 0 Å². The Bertz CT molecular complexity index is 1050. The highest BCUT2D eigenvalue weighted by molar-refractivity contribution is 7.92. The quantitative estimate of drug-likeness (QED) is 0.600. The van der Waals surface area contributed by atoms with E-state index in [1.165, 1.54) is 17.0 Å². The van der Waals surface area contributed by atoms with Gasteiger partial charge in [-0.2, -0.15) is 0 Å². The third-order valence-corrected chi connectivity index (χ3v) is 6.01. The van der Waals surface area contributed by atoms with E-state index in [0.29, 0.717) is 6.42 Å². The zero-order valence-corrected chi connectivity index (χ0v) is 20.5. The number of benzene rings is 2. The molecule has 180 valence electrons. The Hall–Kier alpha value is -2.94. The lowest BCUT2D eigenvalue weighted by molar-refractivity contribution is -0.141. The summed E-state index contributed by atoms with van der Waals surface area (Å²) in [5, 5.41) is 2.91. The first-order valence-electron chi connectivity index (χ1n) is 10.7. The van der Waals surface area contributed by atoms with Crippen LogP contribution in [-0.4, -0.2) is 49.5 Å². The lowest BCUT2D eigenvalue weighted by Gasteiger charge is -2.34. The van der Waals surface area contributed by atoms with E-state index in [1.807, 2.05) is 51.1 Å². The van der Waals surface area contributed by atoms with E-state index in [4.69, 9.17) is 0 Å². The molecular weight excluding hydrogens is 445 g/mol. The summed E-state index contributed by atoms with van der Waals surface area (Å²) in [6.07, 6.45) is 1.32. The van der Waals surface area contributed by atoms with E-state index in [-0.39, 0.29) is 18.1 Å². The molecule has 2 rings (SSSR count). The molecular formula is C24H32FN3O4S. The number of hydrogen-bond acceptors (Lipinski definition) is 4. The first kappa shape index (κ1) is 26.3. The summed E-state index contributed by atoms with van der Waals surface area (Å²) >= 11 is 0. The van der Waals surface area contributed by atoms with Gasteiger partial charge in [0.25, 0.3) is 0 Å². The molecule has 0 saturated carbocycles. The Morgan fingerprint density at radius 2 is 1.61 bits per heavy atom. The highest BCUT2D eigenvalue weighted by Crippen LogP contribution is 2.20. The SMILES string of the molecule is CC[C@H](C(=O)NC(C)(C)C)N(Cc1ccccc1)C(=O)CN(c1ccc(F)cc1)S(C)(=O)=O. The minimum absolute atomic E-state index is 0.136. The fraction of sp³-hybridized carbons (Fsp3) is 0.417. The minimum atomic E-state index is -3.85. The normalized spacial score (nSPS) is 12.7. The molecule has 0 saturated heterocycles. The summed E-state index contributed by atoms with van der Waals surface area (Å²) in [6.45, 7) is 6.96. The Morgan fingerprint density at radius 1 is 1.03 bits per heavy atom. The predicted octanol–water partition coefficient (Wildman–Crippen LogP) is 3.31. The van der Waals surface area contributed by atoms with Crippen LogP contribution in [0.2, 0.25) is 0 Å². The maximum atomic E-state index is 13.5. The molecule has 1 atom stereocenters. The summed E-state index contributed by atoms with van der Waals surface area (Å²) in [4.78, 5) is 27.9. The van der Waals surface area contributed by atoms with Gasteiger partial charge in [-0.05, 0) is 57.0 Å². The molecule has 0 radical (unpaired) electrons. The smallest absolute Gasteiger partial charge is 0.244 e. The van der Waals surface area contributed by atoms with Gasteiger partial charge in [0.15, 0.2) is 0 Å². The number of halogens is 1. The fourth-order valence-electron chi connectivity index (χ4n) is 3.37. The standard InChI is InChI=1S/C24H32FN3O4S/c1-6-21(23(30)26-24(2,3)4)27(16-18-10-8-7-9-11-18)22(29)17-28(33(5,31)32)20-14-12-19(25)13-15-20/h7-15,21H,6,16-17H2,1-5H3,(H,26,30)/t21-/m1/s1. The van der Waals surface area contributed by atoms with Gasteiger partial charge >= 0.3 is 0 Å². The van der Waals surface area contributed by atoms with Gasteiger partial charge in [0.05, 0.1) is 11.9 Å². The monoisotopic (exact) mass is 477 g/mol. The molecule has 9 heteroatoms. The third-order valence-electron chi connectivity index (χ3n) is 4.87. The fourth-order valence-corrected chi connectivity index (χ4v) is 4.22. The van der Waals surface area contributed by atoms with Crippen LogP contribution in [0.4, 0.5) is 10.1 Å². The van der Waals surface area contributed by atoms with Gasteiger partial charge in [-0.15, -0.1) is 0 Å². The predicted molar refractivity (Wildman–Crippen MR) is 128 cm³/mol. The van der Waals surface area contributed by atoms with Crippen LogP contribution in [0.15, 0.2) is 54.6 Å². The first-order valence-corrected chi connectivity index (χ1v) is 12.6. The van der Waals surface area contributed by atoms with Crippen molar-refractivity contribution in [3.05, 3.63) is 66.0 Å². The molecule has 2 aromatic carbocycles. The number of carbonyl (C=O) groups excluding carboxylic acids is 2. The van der Waals surface area contributed by atoms with Crippen LogP contribution in [0, 0.1) is 5.82 Å². The molecule has 0 aliphatic carbocycles. The second-order valence-electron chi connectivity index (χ2n) is 8.92. The van der Waals surface area contributed by atoms with E-state index < -0.39 is 39.9 Å². The Balaban J connectivity index is 2.42. The minimum Gasteiger partial charge on any atom is -0.350 e. The van der Waals surface area contributed by atoms with Gasteiger partial charge in [0.1, 0.15) is 18.4 Å². The zero-order chi connectivity index (χ0) is 24.8. The van der Waals surface area contributed by atoms with Crippen molar-refractivity contribution >= 4 is 27.5 Å². The number of rotatable bonds is 9. The molecule has 0 aliphatic heterocycles. The number of hydrogen-bond donors (Lipinski definition) is 1. The zero-order valence-electron chi connectivity index (χ0n) is 19.7. The van der Waals surface area contributed by atoms with Crippen molar-refractivity contribution in [2.45, 2.75) is 52.2 Å². The summed E-state index contributed by atoms with van der Waals surface area (Å²) in [5.74, 6) is -1.37. The van der Waals surface area contributed by atoms with Crippen LogP contribution >= 0.6 is 0 Å². The van der Waals surface area contributed by atoms with Gasteiger partial charge in [-0.1, -0.05) is 37.3 Å². The van der Waals surface area contributed by atoms with E-state index >= 15 is 0 Å². The molecule has 0 aromatic heterocycles. The van der Waals surface area contributed by atoms with E-state index in [0.717, 1.165) is 28.3 Å². The van der Waals surface area contributed by atoms with Crippen LogP contribution in [0.1, 0.15) is 39.7 Å². The highest BCUT2D eigenvalue weighted by Gasteiger charge is 2.33. The Morgan fingerprint density at radius 3 is 2.09 bits per heavy atom. The Kier molecular flexibility index (Phi) is 8.60. The van der Waals surface area contributed by atoms with Crippen LogP contribution in [0.25, 0.3) is 0 Å². The van der Waals surface area contributed by atoms with Gasteiger partial charge < -0.3 is 10.2 Å². The molecule has 2 aromatic rings. The molecule has 0 unspecified atom stereocenters. The van der Waals surface area contributed by atoms with Gasteiger partial charge in [0.2, 0.25) is 21.8 Å². The largest absolute Gasteiger partial charge is 0.350 e. The van der Waals surface area contributed by atoms with Crippen LogP contribution in [-0.2, 0) is 26.2 Å². The van der Waals surface area contributed by atoms with Crippen molar-refractivity contribution in [3.8, 4) is 0 Å². The topological polar surface area (TPSA) is 86.8 Å². The molecule has 0 aliphatic rings. The van der Waals surface area contributed by atoms with E-state index in [1.54, 1.807) is 6.92 Å². The number of carbonyl (C=O) groups is 2. The van der Waals surface area contributed by atoms with Crippen LogP contribution < -0.4 is 9.62 Å². The summed E-state index contributed by atoms with van der Waals surface area (Å²) in [6, 6.07) is 13.2. The maximum Gasteiger partial charge on any atom is 0.244 e. The number of sulfonamides is 1. The molecule has 33 heavy (non-hydrogen) atoms. The molecule has 0 fully saturated rings. The Labute approximate surface area is 195 Å². The number of nitrogens with one attached hydrogen (secondary N) is 1. The molecule has 2 amide bonds. The highest BCUT2D eigenvalue weighted by atomic mass is 32.2. The van der Waals surface area contributed by atoms with Crippen molar-refractivity contribution in [1.82, 2.24) is 10.2 Å². The summed E-state index contributed by atoms with van der Waals surface area (Å²) in [5.41, 5.74) is 0.471. The third kappa shape index (κ3) is 7.85. The lowest BCUT2D eigenvalue weighted by atomic mass is 10.1.